The Hall–Kier alpha value is -2.41. The van der Waals surface area contributed by atoms with E-state index in [9.17, 15) is 9.59 Å². The molecule has 0 unspecified atom stereocenters. The van der Waals surface area contributed by atoms with Crippen molar-refractivity contribution < 1.29 is 9.59 Å². The first-order valence-electron chi connectivity index (χ1n) is 9.05. The lowest BCUT2D eigenvalue weighted by molar-refractivity contribution is -0.117. The van der Waals surface area contributed by atoms with Gasteiger partial charge in [0.2, 0.25) is 11.8 Å². The van der Waals surface area contributed by atoms with Gasteiger partial charge in [0.1, 0.15) is 0 Å². The molecule has 1 aliphatic rings. The van der Waals surface area contributed by atoms with Gasteiger partial charge in [-0.1, -0.05) is 11.8 Å². The number of carbonyl (C=O) groups excluding carboxylic acids is 2. The molecule has 3 rings (SSSR count). The average molecular weight is 385 g/mol. The van der Waals surface area contributed by atoms with Gasteiger partial charge in [-0.15, -0.1) is 0 Å². The molecule has 2 N–H and O–H groups in total. The second-order valence-electron chi connectivity index (χ2n) is 6.75. The molecule has 1 saturated carbocycles. The van der Waals surface area contributed by atoms with Crippen molar-refractivity contribution in [2.24, 2.45) is 5.92 Å². The van der Waals surface area contributed by atoms with E-state index in [4.69, 9.17) is 0 Å². The minimum atomic E-state index is -0.0579. The third-order valence-electron chi connectivity index (χ3n) is 4.57. The van der Waals surface area contributed by atoms with E-state index in [1.165, 1.54) is 11.8 Å². The molecule has 27 heavy (non-hydrogen) atoms. The first-order chi connectivity index (χ1) is 13.0. The first kappa shape index (κ1) is 19.4. The zero-order valence-corrected chi connectivity index (χ0v) is 16.7. The molecule has 0 bridgehead atoms. The largest absolute Gasteiger partial charge is 0.326 e. The molecule has 142 valence electrons. The van der Waals surface area contributed by atoms with Crippen LogP contribution in [0.1, 0.15) is 36.2 Å². The number of rotatable bonds is 7. The SMILES string of the molecule is CSc1nc(C)c(CCC(=O)Nc2ccc(NC(=O)C3CC3)cc2)c(C)n1. The van der Waals surface area contributed by atoms with Crippen LogP contribution in [0.5, 0.6) is 0 Å². The molecule has 1 aliphatic carbocycles. The number of carbonyl (C=O) groups is 2. The molecule has 1 aromatic carbocycles. The Morgan fingerprint density at radius 3 is 2.11 bits per heavy atom. The number of benzene rings is 1. The normalized spacial score (nSPS) is 13.3. The smallest absolute Gasteiger partial charge is 0.227 e. The van der Waals surface area contributed by atoms with Gasteiger partial charge in [-0.2, -0.15) is 0 Å². The Morgan fingerprint density at radius 1 is 1.04 bits per heavy atom. The summed E-state index contributed by atoms with van der Waals surface area (Å²) in [4.78, 5) is 32.9. The summed E-state index contributed by atoms with van der Waals surface area (Å²) in [6.07, 6.45) is 4.87. The van der Waals surface area contributed by atoms with Crippen LogP contribution in [-0.2, 0) is 16.0 Å². The van der Waals surface area contributed by atoms with Crippen LogP contribution >= 0.6 is 11.8 Å². The fourth-order valence-corrected chi connectivity index (χ4v) is 3.31. The Bertz CT molecular complexity index is 825. The monoisotopic (exact) mass is 384 g/mol. The molecule has 1 fully saturated rings. The third-order valence-corrected chi connectivity index (χ3v) is 5.12. The lowest BCUT2D eigenvalue weighted by Crippen LogP contribution is -2.15. The van der Waals surface area contributed by atoms with Crippen molar-refractivity contribution in [3.8, 4) is 0 Å². The van der Waals surface area contributed by atoms with Crippen molar-refractivity contribution in [1.82, 2.24) is 9.97 Å². The maximum atomic E-state index is 12.3. The maximum absolute atomic E-state index is 12.3. The van der Waals surface area contributed by atoms with Gasteiger partial charge in [0.15, 0.2) is 5.16 Å². The van der Waals surface area contributed by atoms with Gasteiger partial charge in [-0.05, 0) is 69.2 Å². The van der Waals surface area contributed by atoms with Crippen molar-refractivity contribution in [2.45, 2.75) is 44.7 Å². The lowest BCUT2D eigenvalue weighted by Gasteiger charge is -2.11. The van der Waals surface area contributed by atoms with Crippen molar-refractivity contribution in [3.05, 3.63) is 41.2 Å². The highest BCUT2D eigenvalue weighted by Gasteiger charge is 2.29. The quantitative estimate of drug-likeness (QED) is 0.561. The van der Waals surface area contributed by atoms with Gasteiger partial charge in [-0.3, -0.25) is 9.59 Å². The average Bonchev–Trinajstić information content (AvgIpc) is 3.47. The summed E-state index contributed by atoms with van der Waals surface area (Å²) < 4.78 is 0. The molecule has 0 aliphatic heterocycles. The molecule has 1 aromatic heterocycles. The number of aryl methyl sites for hydroxylation is 2. The van der Waals surface area contributed by atoms with Crippen LogP contribution in [0.25, 0.3) is 0 Å². The van der Waals surface area contributed by atoms with Gasteiger partial charge in [-0.25, -0.2) is 9.97 Å². The van der Waals surface area contributed by atoms with Crippen LogP contribution in [0.2, 0.25) is 0 Å². The van der Waals surface area contributed by atoms with Gasteiger partial charge >= 0.3 is 0 Å². The van der Waals surface area contributed by atoms with Gasteiger partial charge in [0.25, 0.3) is 0 Å². The molecule has 7 heteroatoms. The molecule has 1 heterocycles. The number of aromatic nitrogens is 2. The highest BCUT2D eigenvalue weighted by molar-refractivity contribution is 7.98. The fraction of sp³-hybridized carbons (Fsp3) is 0.400. The molecule has 2 aromatic rings. The standard InChI is InChI=1S/C20H24N4O2S/c1-12-17(13(2)22-20(21-12)27-3)10-11-18(25)23-15-6-8-16(9-7-15)24-19(26)14-4-5-14/h6-9,14H,4-5,10-11H2,1-3H3,(H,23,25)(H,24,26). The number of nitrogens with one attached hydrogen (secondary N) is 2. The summed E-state index contributed by atoms with van der Waals surface area (Å²) in [5.74, 6) is 0.190. The molecule has 0 atom stereocenters. The van der Waals surface area contributed by atoms with E-state index in [1.807, 2.05) is 20.1 Å². The lowest BCUT2D eigenvalue weighted by atomic mass is 10.1. The van der Waals surface area contributed by atoms with Gasteiger partial charge in [0.05, 0.1) is 0 Å². The summed E-state index contributed by atoms with van der Waals surface area (Å²) in [7, 11) is 0. The van der Waals surface area contributed by atoms with E-state index in [-0.39, 0.29) is 17.7 Å². The van der Waals surface area contributed by atoms with Gasteiger partial charge < -0.3 is 10.6 Å². The molecular formula is C20H24N4O2S. The van der Waals surface area contributed by atoms with Crippen LogP contribution in [-0.4, -0.2) is 28.0 Å². The number of thioether (sulfide) groups is 1. The molecule has 6 nitrogen and oxygen atoms in total. The number of hydrogen-bond acceptors (Lipinski definition) is 5. The number of hydrogen-bond donors (Lipinski definition) is 2. The van der Waals surface area contributed by atoms with Crippen molar-refractivity contribution in [3.63, 3.8) is 0 Å². The summed E-state index contributed by atoms with van der Waals surface area (Å²) >= 11 is 1.51. The highest BCUT2D eigenvalue weighted by Crippen LogP contribution is 2.30. The molecule has 0 spiro atoms. The van der Waals surface area contributed by atoms with E-state index < -0.39 is 0 Å². The summed E-state index contributed by atoms with van der Waals surface area (Å²) in [5, 5.41) is 6.53. The Labute approximate surface area is 163 Å². The van der Waals surface area contributed by atoms with Crippen molar-refractivity contribution >= 4 is 35.0 Å². The molecule has 0 radical (unpaired) electrons. The summed E-state index contributed by atoms with van der Waals surface area (Å²) in [6, 6.07) is 7.21. The summed E-state index contributed by atoms with van der Waals surface area (Å²) in [6.45, 7) is 3.91. The van der Waals surface area contributed by atoms with Crippen LogP contribution in [0.3, 0.4) is 0 Å². The predicted molar refractivity (Wildman–Crippen MR) is 108 cm³/mol. The van der Waals surface area contributed by atoms with Crippen LogP contribution < -0.4 is 10.6 Å². The molecule has 2 amide bonds. The van der Waals surface area contributed by atoms with Crippen LogP contribution in [0.15, 0.2) is 29.4 Å². The summed E-state index contributed by atoms with van der Waals surface area (Å²) in [5.41, 5.74) is 4.35. The fourth-order valence-electron chi connectivity index (χ4n) is 2.85. The minimum Gasteiger partial charge on any atom is -0.326 e. The van der Waals surface area contributed by atoms with E-state index in [0.717, 1.165) is 40.6 Å². The van der Waals surface area contributed by atoms with E-state index in [2.05, 4.69) is 20.6 Å². The number of amides is 2. The van der Waals surface area contributed by atoms with E-state index in [0.29, 0.717) is 18.5 Å². The Kier molecular flexibility index (Phi) is 6.11. The Balaban J connectivity index is 1.52. The maximum Gasteiger partial charge on any atom is 0.227 e. The van der Waals surface area contributed by atoms with Crippen molar-refractivity contribution in [2.75, 3.05) is 16.9 Å². The number of nitrogens with zero attached hydrogens (tertiary/aromatic N) is 2. The highest BCUT2D eigenvalue weighted by atomic mass is 32.2. The van der Waals surface area contributed by atoms with Gasteiger partial charge in [0, 0.05) is 35.1 Å². The minimum absolute atomic E-state index is 0.0579. The Morgan fingerprint density at radius 2 is 1.59 bits per heavy atom. The zero-order chi connectivity index (χ0) is 19.4. The first-order valence-corrected chi connectivity index (χ1v) is 10.3. The van der Waals surface area contributed by atoms with Crippen LogP contribution in [0, 0.1) is 19.8 Å². The third kappa shape index (κ3) is 5.29. The second kappa shape index (κ2) is 8.52. The molecule has 0 saturated heterocycles. The van der Waals surface area contributed by atoms with Crippen LogP contribution in [0.4, 0.5) is 11.4 Å². The van der Waals surface area contributed by atoms with E-state index in [1.54, 1.807) is 24.3 Å². The molecular weight excluding hydrogens is 360 g/mol. The van der Waals surface area contributed by atoms with E-state index >= 15 is 0 Å². The topological polar surface area (TPSA) is 84.0 Å². The van der Waals surface area contributed by atoms with Crippen molar-refractivity contribution in [1.29, 1.82) is 0 Å². The predicted octanol–water partition coefficient (Wildman–Crippen LogP) is 3.74. The zero-order valence-electron chi connectivity index (χ0n) is 15.8. The number of anilines is 2. The second-order valence-corrected chi connectivity index (χ2v) is 7.52.